The number of nitrogens with two attached hydrogens (primary N) is 1. The molecule has 0 unspecified atom stereocenters. The van der Waals surface area contributed by atoms with E-state index in [1.807, 2.05) is 48.5 Å². The summed E-state index contributed by atoms with van der Waals surface area (Å²) in [6, 6.07) is 19.2. The second-order valence-electron chi connectivity index (χ2n) is 9.52. The van der Waals surface area contributed by atoms with Gasteiger partial charge in [-0.3, -0.25) is 4.52 Å². The van der Waals surface area contributed by atoms with Crippen LogP contribution in [0.1, 0.15) is 17.0 Å². The lowest BCUT2D eigenvalue weighted by molar-refractivity contribution is 0.123. The molecule has 226 valence electrons. The average molecular weight is 686 g/mol. The van der Waals surface area contributed by atoms with Crippen LogP contribution in [0.25, 0.3) is 28.3 Å². The molecule has 0 radical (unpaired) electrons. The third-order valence-corrected chi connectivity index (χ3v) is 8.47. The highest BCUT2D eigenvalue weighted by atomic mass is 79.9. The summed E-state index contributed by atoms with van der Waals surface area (Å²) in [6.07, 6.45) is -1.16. The molecule has 44 heavy (non-hydrogen) atoms. The number of carbonyl (C=O) groups is 1. The van der Waals surface area contributed by atoms with Crippen LogP contribution in [0.15, 0.2) is 85.1 Å². The normalized spacial score (nSPS) is 12.5. The van der Waals surface area contributed by atoms with Gasteiger partial charge in [0.15, 0.2) is 5.69 Å². The Bertz CT molecular complexity index is 2000. The molecule has 6 rings (SSSR count). The number of hydrogen-bond acceptors (Lipinski definition) is 11. The lowest BCUT2D eigenvalue weighted by Gasteiger charge is -2.21. The monoisotopic (exact) mass is 685 g/mol. The van der Waals surface area contributed by atoms with E-state index >= 15 is 0 Å². The molecule has 1 aliphatic carbocycles. The van der Waals surface area contributed by atoms with Gasteiger partial charge in [0.05, 0.1) is 16.7 Å². The number of amides is 1. The summed E-state index contributed by atoms with van der Waals surface area (Å²) in [5.74, 6) is -1.95. The molecule has 2 aromatic heterocycles. The van der Waals surface area contributed by atoms with Gasteiger partial charge in [-0.1, -0.05) is 53.7 Å². The second-order valence-corrected chi connectivity index (χ2v) is 11.8. The summed E-state index contributed by atoms with van der Waals surface area (Å²) in [6.45, 7) is -0.794. The molecule has 2 heterocycles. The Morgan fingerprint density at radius 3 is 2.41 bits per heavy atom. The van der Waals surface area contributed by atoms with E-state index in [0.29, 0.717) is 4.31 Å². The topological polar surface area (TPSA) is 189 Å². The molecule has 3 aromatic carbocycles. The average Bonchev–Trinajstić information content (AvgIpc) is 3.70. The van der Waals surface area contributed by atoms with Crippen LogP contribution in [0.5, 0.6) is 0 Å². The summed E-state index contributed by atoms with van der Waals surface area (Å²) in [5, 5.41) is 19.3. The zero-order valence-electron chi connectivity index (χ0n) is 22.4. The number of fused-ring (bicyclic) bond motifs is 3. The predicted octanol–water partition coefficient (Wildman–Crippen LogP) is 3.64. The molecule has 1 amide bonds. The van der Waals surface area contributed by atoms with Crippen LogP contribution in [-0.2, 0) is 14.9 Å². The summed E-state index contributed by atoms with van der Waals surface area (Å²) >= 11 is 3.06. The van der Waals surface area contributed by atoms with Crippen LogP contribution < -0.4 is 16.2 Å². The van der Waals surface area contributed by atoms with E-state index in [0.717, 1.165) is 32.9 Å². The van der Waals surface area contributed by atoms with Crippen molar-refractivity contribution >= 4 is 38.1 Å². The van der Waals surface area contributed by atoms with Crippen molar-refractivity contribution in [2.75, 3.05) is 25.0 Å². The molecule has 0 aliphatic heterocycles. The van der Waals surface area contributed by atoms with Crippen molar-refractivity contribution in [2.45, 2.75) is 5.92 Å². The molecule has 0 spiro atoms. The smallest absolute Gasteiger partial charge is 0.446 e. The molecule has 14 nitrogen and oxygen atoms in total. The minimum atomic E-state index is -4.53. The highest BCUT2D eigenvalue weighted by Gasteiger charge is 2.32. The number of aromatic nitrogens is 4. The Balaban J connectivity index is 1.16. The first-order valence-electron chi connectivity index (χ1n) is 12.9. The van der Waals surface area contributed by atoms with Gasteiger partial charge in [0.1, 0.15) is 12.4 Å². The summed E-state index contributed by atoms with van der Waals surface area (Å²) in [7, 11) is -4.53. The van der Waals surface area contributed by atoms with Crippen LogP contribution in [0, 0.1) is 5.82 Å². The van der Waals surface area contributed by atoms with E-state index in [9.17, 15) is 22.4 Å². The molecule has 17 heteroatoms. The van der Waals surface area contributed by atoms with Gasteiger partial charge in [-0.15, -0.1) is 0 Å². The maximum atomic E-state index is 13.8. The van der Waals surface area contributed by atoms with Crippen molar-refractivity contribution in [2.24, 2.45) is 5.14 Å². The maximum Gasteiger partial charge on any atom is 0.446 e. The number of benzene rings is 3. The molecule has 0 saturated heterocycles. The van der Waals surface area contributed by atoms with Gasteiger partial charge < -0.3 is 10.1 Å². The van der Waals surface area contributed by atoms with Crippen LogP contribution in [0.2, 0.25) is 0 Å². The molecule has 3 N–H and O–H groups in total. The van der Waals surface area contributed by atoms with E-state index in [2.05, 4.69) is 36.7 Å². The minimum Gasteiger partial charge on any atom is -0.448 e. The third kappa shape index (κ3) is 5.47. The molecular formula is C27H21BrFN7O7S. The van der Waals surface area contributed by atoms with E-state index < -0.39 is 34.4 Å². The first-order valence-corrected chi connectivity index (χ1v) is 15.2. The Kier molecular flexibility index (Phi) is 7.74. The van der Waals surface area contributed by atoms with Gasteiger partial charge in [0, 0.05) is 12.5 Å². The zero-order chi connectivity index (χ0) is 31.0. The summed E-state index contributed by atoms with van der Waals surface area (Å²) in [5.41, 5.74) is 4.05. The number of halogens is 2. The Morgan fingerprint density at radius 1 is 1.07 bits per heavy atom. The van der Waals surface area contributed by atoms with Gasteiger partial charge in [-0.05, 0) is 66.7 Å². The van der Waals surface area contributed by atoms with Crippen LogP contribution in [0.3, 0.4) is 0 Å². The summed E-state index contributed by atoms with van der Waals surface area (Å²) < 4.78 is 54.9. The first kappa shape index (κ1) is 29.2. The minimum absolute atomic E-state index is 0.0601. The molecule has 0 atom stereocenters. The van der Waals surface area contributed by atoms with Crippen LogP contribution >= 0.6 is 15.9 Å². The molecule has 0 fully saturated rings. The number of hydrogen-bond donors (Lipinski definition) is 2. The van der Waals surface area contributed by atoms with E-state index in [4.69, 9.17) is 19.0 Å². The van der Waals surface area contributed by atoms with E-state index in [1.54, 1.807) is 0 Å². The quantitative estimate of drug-likeness (QED) is 0.230. The number of ether oxygens (including phenoxy) is 1. The lowest BCUT2D eigenvalue weighted by Crippen LogP contribution is -2.44. The van der Waals surface area contributed by atoms with Crippen LogP contribution in [0.4, 0.5) is 15.0 Å². The van der Waals surface area contributed by atoms with Gasteiger partial charge in [0.2, 0.25) is 11.6 Å². The first-order chi connectivity index (χ1) is 21.1. The van der Waals surface area contributed by atoms with Gasteiger partial charge in [-0.25, -0.2) is 28.3 Å². The zero-order valence-corrected chi connectivity index (χ0v) is 24.8. The van der Waals surface area contributed by atoms with Crippen molar-refractivity contribution < 1.29 is 31.5 Å². The number of carbonyl (C=O) groups excluding carboxylic acids is 1. The fraction of sp³-hybridized carbons (Fsp3) is 0.148. The van der Waals surface area contributed by atoms with E-state index in [1.165, 1.54) is 12.1 Å². The fourth-order valence-electron chi connectivity index (χ4n) is 4.97. The molecular weight excluding hydrogens is 665 g/mol. The van der Waals surface area contributed by atoms with Gasteiger partial charge >= 0.3 is 22.1 Å². The number of rotatable bonds is 9. The number of anilines is 1. The van der Waals surface area contributed by atoms with Crippen molar-refractivity contribution in [3.63, 3.8) is 0 Å². The predicted molar refractivity (Wildman–Crippen MR) is 156 cm³/mol. The Morgan fingerprint density at radius 2 is 1.75 bits per heavy atom. The van der Waals surface area contributed by atoms with Gasteiger partial charge in [-0.2, -0.15) is 12.7 Å². The fourth-order valence-corrected chi connectivity index (χ4v) is 5.94. The lowest BCUT2D eigenvalue weighted by atomic mass is 9.98. The molecule has 1 aliphatic rings. The molecule has 5 aromatic rings. The Labute approximate surface area is 256 Å². The largest absolute Gasteiger partial charge is 0.448 e. The molecule has 0 saturated carbocycles. The number of nitrogens with zero attached hydrogens (tertiary/aromatic N) is 5. The SMILES string of the molecule is NS(=O)(=O)N(CCNc1nonc1-c1noc(=O)n1-c1ccc(F)c(Br)c1)C(=O)OCC1c2ccccc2-c2ccccc21. The second kappa shape index (κ2) is 11.7. The Hall–Kier alpha value is -4.87. The highest BCUT2D eigenvalue weighted by Crippen LogP contribution is 2.44. The van der Waals surface area contributed by atoms with Crippen molar-refractivity contribution in [3.8, 4) is 28.3 Å². The number of nitrogens with one attached hydrogen (secondary N) is 1. The third-order valence-electron chi connectivity index (χ3n) is 6.92. The van der Waals surface area contributed by atoms with Crippen LogP contribution in [-0.4, -0.2) is 58.5 Å². The standard InChI is InChI=1S/C27H21BrFN7O7S/c28-21-13-15(9-10-22(21)29)36-25(34-42-27(36)38)23-24(33-43-32-23)31-11-12-35(44(30,39)40)26(37)41-14-20-18-7-3-1-5-16(18)17-6-2-4-8-19(17)20/h1-10,13,20H,11-12,14H2,(H,31,33)(H2,30,39,40). The maximum absolute atomic E-state index is 13.8. The van der Waals surface area contributed by atoms with Crippen molar-refractivity contribution in [1.29, 1.82) is 0 Å². The van der Waals surface area contributed by atoms with Crippen molar-refractivity contribution in [1.82, 2.24) is 24.3 Å². The highest BCUT2D eigenvalue weighted by molar-refractivity contribution is 9.10. The van der Waals surface area contributed by atoms with Gasteiger partial charge in [0.25, 0.3) is 0 Å². The summed E-state index contributed by atoms with van der Waals surface area (Å²) in [4.78, 5) is 25.4. The van der Waals surface area contributed by atoms with E-state index in [-0.39, 0.29) is 46.6 Å². The van der Waals surface area contributed by atoms with Crippen molar-refractivity contribution in [3.05, 3.63) is 98.7 Å². The molecule has 0 bridgehead atoms.